The predicted octanol–water partition coefficient (Wildman–Crippen LogP) is -0.735. The molecule has 0 unspecified atom stereocenters. The van der Waals surface area contributed by atoms with Gasteiger partial charge in [-0.3, -0.25) is 9.59 Å². The van der Waals surface area contributed by atoms with E-state index in [4.69, 9.17) is 0 Å². The van der Waals surface area contributed by atoms with Crippen LogP contribution in [0.1, 0.15) is 52.4 Å². The van der Waals surface area contributed by atoms with Gasteiger partial charge in [0, 0.05) is 12.8 Å². The minimum absolute atomic E-state index is 0. The first-order chi connectivity index (χ1) is 11.9. The van der Waals surface area contributed by atoms with Crippen molar-refractivity contribution in [3.63, 3.8) is 0 Å². The fourth-order valence-corrected chi connectivity index (χ4v) is 2.84. The van der Waals surface area contributed by atoms with E-state index in [1.54, 1.807) is 13.8 Å². The van der Waals surface area contributed by atoms with Crippen molar-refractivity contribution in [1.29, 1.82) is 0 Å². The van der Waals surface area contributed by atoms with E-state index in [1.165, 1.54) is 0 Å². The van der Waals surface area contributed by atoms with E-state index in [0.717, 1.165) is 0 Å². The fraction of sp³-hybridized carbons (Fsp3) is 0.857. The average molecular weight is 508 g/mol. The second-order valence-corrected chi connectivity index (χ2v) is 8.53. The van der Waals surface area contributed by atoms with Gasteiger partial charge in [-0.2, -0.15) is 0 Å². The van der Waals surface area contributed by atoms with Crippen LogP contribution in [0.5, 0.6) is 0 Å². The molecule has 0 aromatic carbocycles. The molecule has 0 spiro atoms. The molecule has 0 fully saturated rings. The Morgan fingerprint density at radius 1 is 0.704 bits per heavy atom. The Morgan fingerprint density at radius 3 is 1.22 bits per heavy atom. The van der Waals surface area contributed by atoms with Crippen molar-refractivity contribution in [2.75, 3.05) is 25.5 Å². The molecule has 0 aromatic heterocycles. The monoisotopic (exact) mass is 506 g/mol. The van der Waals surface area contributed by atoms with E-state index in [9.17, 15) is 38.3 Å². The zero-order valence-corrected chi connectivity index (χ0v) is 19.8. The van der Waals surface area contributed by atoms with Crippen LogP contribution in [-0.4, -0.2) is 37.5 Å². The Morgan fingerprint density at radius 2 is 1.00 bits per heavy atom. The van der Waals surface area contributed by atoms with Crippen LogP contribution in [0.15, 0.2) is 0 Å². The number of carbonyl (C=O) groups excluding carboxylic acids is 2. The smallest absolute Gasteiger partial charge is 0.811 e. The fourth-order valence-electron chi connectivity index (χ4n) is 1.62. The van der Waals surface area contributed by atoms with Gasteiger partial charge >= 0.3 is 38.1 Å². The number of unbranched alkanes of at least 4 members (excludes halogenated alkanes) is 2. The van der Waals surface area contributed by atoms with Crippen molar-refractivity contribution in [3.05, 3.63) is 0 Å². The quantitative estimate of drug-likeness (QED) is 0.186. The van der Waals surface area contributed by atoms with E-state index in [1.807, 2.05) is 0 Å². The Kier molecular flexibility index (Phi) is 21.4. The minimum atomic E-state index is -4.39. The predicted molar refractivity (Wildman–Crippen MR) is 85.9 cm³/mol. The first-order valence-electron chi connectivity index (χ1n) is 8.24. The molecular weight excluding hydrogens is 481 g/mol. The van der Waals surface area contributed by atoms with Gasteiger partial charge in [-0.15, -0.1) is 0 Å². The largest absolute Gasteiger partial charge is 4.00 e. The molecule has 156 valence electrons. The van der Waals surface area contributed by atoms with Gasteiger partial charge in [-0.05, 0) is 51.9 Å². The molecule has 0 aliphatic carbocycles. The molecule has 0 saturated heterocycles. The summed E-state index contributed by atoms with van der Waals surface area (Å²) in [4.78, 5) is 62.1. The van der Waals surface area contributed by atoms with Gasteiger partial charge in [-0.25, -0.2) is 0 Å². The summed E-state index contributed by atoms with van der Waals surface area (Å²) in [6.45, 7) is 4.03. The summed E-state index contributed by atoms with van der Waals surface area (Å²) < 4.78 is 29.5. The van der Waals surface area contributed by atoms with E-state index in [-0.39, 0.29) is 76.1 Å². The van der Waals surface area contributed by atoms with Crippen LogP contribution >= 0.6 is 15.2 Å². The average Bonchev–Trinajstić information content (AvgIpc) is 2.48. The van der Waals surface area contributed by atoms with Gasteiger partial charge in [0.1, 0.15) is 0 Å². The third kappa shape index (κ3) is 31.1. The number of esters is 2. The zero-order chi connectivity index (χ0) is 20.6. The number of carbonyl (C=O) groups is 2. The molecule has 0 rings (SSSR count). The van der Waals surface area contributed by atoms with E-state index in [2.05, 4.69) is 9.47 Å². The number of hydrogen-bond acceptors (Lipinski definition) is 10. The van der Waals surface area contributed by atoms with E-state index in [0.29, 0.717) is 26.1 Å². The van der Waals surface area contributed by atoms with Gasteiger partial charge in [0.25, 0.3) is 0 Å². The molecule has 0 radical (unpaired) electrons. The molecule has 0 aliphatic heterocycles. The zero-order valence-electron chi connectivity index (χ0n) is 15.5. The van der Waals surface area contributed by atoms with Crippen LogP contribution in [-0.2, 0) is 54.4 Å². The Labute approximate surface area is 178 Å². The molecular formula is C14H26O10P2Zr. The summed E-state index contributed by atoms with van der Waals surface area (Å²) in [7, 11) is -8.79. The van der Waals surface area contributed by atoms with Gasteiger partial charge in [0.05, 0.1) is 13.2 Å². The number of ether oxygens (including phenoxy) is 2. The molecule has 0 N–H and O–H groups in total. The molecule has 0 bridgehead atoms. The van der Waals surface area contributed by atoms with Crippen LogP contribution in [0.4, 0.5) is 0 Å². The van der Waals surface area contributed by atoms with Gasteiger partial charge < -0.3 is 38.2 Å². The first kappa shape index (κ1) is 31.8. The minimum Gasteiger partial charge on any atom is -0.811 e. The standard InChI is InChI=1S/2C7H15O5P.Zr/c2*1-2-12-7(8)5-3-4-6-13(9,10)11;/h2*2-6H2,1H3,(H2,9,10,11);/q;;+4/p-4. The molecule has 0 aliphatic rings. The molecule has 13 heteroatoms. The van der Waals surface area contributed by atoms with Gasteiger partial charge in [-0.1, -0.05) is 15.2 Å². The van der Waals surface area contributed by atoms with Crippen molar-refractivity contribution in [2.24, 2.45) is 0 Å². The molecule has 27 heavy (non-hydrogen) atoms. The summed E-state index contributed by atoms with van der Waals surface area (Å²) in [5, 5.41) is 0. The topological polar surface area (TPSA) is 179 Å². The molecule has 0 heterocycles. The number of rotatable bonds is 12. The maximum Gasteiger partial charge on any atom is 4.00 e. The molecule has 0 aromatic rings. The van der Waals surface area contributed by atoms with Crippen LogP contribution in [0.3, 0.4) is 0 Å². The molecule has 0 atom stereocenters. The summed E-state index contributed by atoms with van der Waals surface area (Å²) in [5.41, 5.74) is 0. The summed E-state index contributed by atoms with van der Waals surface area (Å²) >= 11 is 0. The van der Waals surface area contributed by atoms with Gasteiger partial charge in [0.2, 0.25) is 0 Å². The number of hydrogen-bond donors (Lipinski definition) is 0. The first-order valence-corrected chi connectivity index (χ1v) is 11.7. The SMILES string of the molecule is CCOC(=O)CCCCP(=O)([O-])[O-].CCOC(=O)CCCCP(=O)([O-])[O-].[Zr+4]. The van der Waals surface area contributed by atoms with Gasteiger partial charge in [0.15, 0.2) is 0 Å². The Bertz CT molecular complexity index is 444. The third-order valence-corrected chi connectivity index (χ3v) is 4.46. The van der Waals surface area contributed by atoms with E-state index >= 15 is 0 Å². The summed E-state index contributed by atoms with van der Waals surface area (Å²) in [6.07, 6.45) is 0.799. The third-order valence-electron chi connectivity index (χ3n) is 2.74. The van der Waals surface area contributed by atoms with Crippen molar-refractivity contribution in [1.82, 2.24) is 0 Å². The van der Waals surface area contributed by atoms with Crippen LogP contribution in [0, 0.1) is 0 Å². The second kappa shape index (κ2) is 18.2. The van der Waals surface area contributed by atoms with Crippen LogP contribution in [0.2, 0.25) is 0 Å². The molecule has 0 amide bonds. The maximum atomic E-state index is 10.7. The second-order valence-electron chi connectivity index (χ2n) is 5.19. The molecule has 0 saturated carbocycles. The Balaban J connectivity index is -0.000000411. The van der Waals surface area contributed by atoms with Crippen molar-refractivity contribution < 1.29 is 74.0 Å². The van der Waals surface area contributed by atoms with Crippen LogP contribution < -0.4 is 19.6 Å². The van der Waals surface area contributed by atoms with Crippen molar-refractivity contribution in [3.8, 4) is 0 Å². The summed E-state index contributed by atoms with van der Waals surface area (Å²) in [5.74, 6) is -0.705. The van der Waals surface area contributed by atoms with Crippen molar-refractivity contribution in [2.45, 2.75) is 52.4 Å². The maximum absolute atomic E-state index is 10.7. The van der Waals surface area contributed by atoms with Crippen molar-refractivity contribution >= 4 is 27.1 Å². The van der Waals surface area contributed by atoms with E-state index < -0.39 is 15.2 Å². The van der Waals surface area contributed by atoms with Crippen LogP contribution in [0.25, 0.3) is 0 Å². The Hall–Kier alpha value is 0.123. The summed E-state index contributed by atoms with van der Waals surface area (Å²) in [6, 6.07) is 0. The normalized spacial score (nSPS) is 10.9. The molecule has 10 nitrogen and oxygen atoms in total.